The number of hydrogen-bond donors (Lipinski definition) is 1. The number of carbonyl (C=O) groups is 1. The fourth-order valence-corrected chi connectivity index (χ4v) is 2.47. The molecule has 1 N–H and O–H groups in total. The van der Waals surface area contributed by atoms with Crippen LogP contribution in [0, 0.1) is 11.2 Å². The summed E-state index contributed by atoms with van der Waals surface area (Å²) in [6.07, 6.45) is 2.91. The number of H-pyrrole nitrogens is 1. The Bertz CT molecular complexity index is 840. The predicted octanol–water partition coefficient (Wildman–Crippen LogP) is 1.80. The van der Waals surface area contributed by atoms with E-state index in [0.29, 0.717) is 14.8 Å². The van der Waals surface area contributed by atoms with Gasteiger partial charge in [0, 0.05) is 17.1 Å². The second-order valence-electron chi connectivity index (χ2n) is 5.71. The van der Waals surface area contributed by atoms with Crippen LogP contribution < -0.4 is 14.8 Å². The van der Waals surface area contributed by atoms with Gasteiger partial charge < -0.3 is 4.98 Å². The summed E-state index contributed by atoms with van der Waals surface area (Å²) in [5.41, 5.74) is -0.481. The zero-order valence-electron chi connectivity index (χ0n) is 12.1. The van der Waals surface area contributed by atoms with E-state index in [9.17, 15) is 14.0 Å². The highest BCUT2D eigenvalue weighted by Gasteiger charge is 2.18. The highest BCUT2D eigenvalue weighted by Crippen LogP contribution is 2.14. The van der Waals surface area contributed by atoms with Crippen molar-refractivity contribution in [2.45, 2.75) is 20.8 Å². The number of aromatic nitrogens is 1. The normalized spacial score (nSPS) is 13.7. The molecule has 0 atom stereocenters. The minimum atomic E-state index is -0.504. The monoisotopic (exact) mass is 305 g/mol. The van der Waals surface area contributed by atoms with Gasteiger partial charge in [-0.15, -0.1) is 11.3 Å². The van der Waals surface area contributed by atoms with Gasteiger partial charge in [-0.05, 0) is 12.1 Å². The van der Waals surface area contributed by atoms with Crippen molar-refractivity contribution < 1.29 is 9.18 Å². The van der Waals surface area contributed by atoms with Crippen molar-refractivity contribution in [3.63, 3.8) is 0 Å². The number of halogens is 1. The van der Waals surface area contributed by atoms with E-state index in [1.54, 1.807) is 18.2 Å². The van der Waals surface area contributed by atoms with Crippen LogP contribution in [0.2, 0.25) is 0 Å². The van der Waals surface area contributed by atoms with Crippen molar-refractivity contribution in [2.24, 2.45) is 5.41 Å². The van der Waals surface area contributed by atoms with Crippen LogP contribution in [-0.2, 0) is 4.79 Å². The highest BCUT2D eigenvalue weighted by atomic mass is 32.1. The Labute approximate surface area is 125 Å². The fraction of sp³-hybridized carbons (Fsp3) is 0.250. The molecule has 0 aliphatic rings. The zero-order valence-corrected chi connectivity index (χ0v) is 12.9. The topological polar surface area (TPSA) is 49.9 Å². The van der Waals surface area contributed by atoms with E-state index in [1.165, 1.54) is 18.2 Å². The van der Waals surface area contributed by atoms with Gasteiger partial charge in [0.1, 0.15) is 5.82 Å². The average molecular weight is 305 g/mol. The predicted molar refractivity (Wildman–Crippen MR) is 83.1 cm³/mol. The molecule has 0 aliphatic heterocycles. The molecule has 5 heteroatoms. The molecule has 2 rings (SSSR count). The number of benzene rings is 1. The molecule has 0 amide bonds. The van der Waals surface area contributed by atoms with E-state index < -0.39 is 5.41 Å². The quantitative estimate of drug-likeness (QED) is 0.920. The van der Waals surface area contributed by atoms with Gasteiger partial charge in [-0.3, -0.25) is 9.59 Å². The third kappa shape index (κ3) is 3.76. The lowest BCUT2D eigenvalue weighted by molar-refractivity contribution is -0.119. The van der Waals surface area contributed by atoms with Crippen molar-refractivity contribution in [1.29, 1.82) is 0 Å². The summed E-state index contributed by atoms with van der Waals surface area (Å²) in [5.74, 6) is -0.459. The molecular formula is C16H16FNO2S. The van der Waals surface area contributed by atoms with Crippen LogP contribution in [0.15, 0.2) is 29.1 Å². The lowest BCUT2D eigenvalue weighted by Gasteiger charge is -2.12. The van der Waals surface area contributed by atoms with Crippen LogP contribution >= 0.6 is 11.3 Å². The van der Waals surface area contributed by atoms with Crippen molar-refractivity contribution in [3.05, 3.63) is 55.2 Å². The molecule has 0 spiro atoms. The van der Waals surface area contributed by atoms with Crippen LogP contribution in [0.5, 0.6) is 0 Å². The van der Waals surface area contributed by atoms with Crippen LogP contribution in [-0.4, -0.2) is 10.8 Å². The molecule has 0 saturated carbocycles. The SMILES string of the molecule is CC(C)(C)C(=O)/C=c1/[nH]c(=O)/c(=C/c2ccccc2F)s1. The minimum Gasteiger partial charge on any atom is -0.313 e. The van der Waals surface area contributed by atoms with E-state index >= 15 is 0 Å². The Kier molecular flexibility index (Phi) is 4.23. The van der Waals surface area contributed by atoms with Gasteiger partial charge in [0.05, 0.1) is 9.20 Å². The lowest BCUT2D eigenvalue weighted by atomic mass is 9.91. The molecule has 1 aromatic carbocycles. The Morgan fingerprint density at radius 1 is 1.29 bits per heavy atom. The second-order valence-corrected chi connectivity index (χ2v) is 6.79. The lowest BCUT2D eigenvalue weighted by Crippen LogP contribution is -2.22. The van der Waals surface area contributed by atoms with Crippen LogP contribution in [0.4, 0.5) is 4.39 Å². The standard InChI is InChI=1S/C16H16FNO2S/c1-16(2,3)13(19)9-14-18-15(20)12(21-14)8-10-6-4-5-7-11(10)17/h4-9H,1-3H3,(H,18,20)/b12-8-,14-9-. The molecule has 0 bridgehead atoms. The van der Waals surface area contributed by atoms with Gasteiger partial charge in [0.25, 0.3) is 5.56 Å². The Morgan fingerprint density at radius 2 is 1.95 bits per heavy atom. The van der Waals surface area contributed by atoms with Gasteiger partial charge in [-0.25, -0.2) is 4.39 Å². The first-order valence-electron chi connectivity index (χ1n) is 6.49. The summed E-state index contributed by atoms with van der Waals surface area (Å²) in [5, 5.41) is 0. The van der Waals surface area contributed by atoms with Crippen molar-refractivity contribution in [2.75, 3.05) is 0 Å². The van der Waals surface area contributed by atoms with Crippen LogP contribution in [0.25, 0.3) is 12.2 Å². The minimum absolute atomic E-state index is 0.0718. The van der Waals surface area contributed by atoms with E-state index in [-0.39, 0.29) is 17.2 Å². The summed E-state index contributed by atoms with van der Waals surface area (Å²) in [7, 11) is 0. The molecule has 0 aliphatic carbocycles. The number of hydrogen-bond acceptors (Lipinski definition) is 3. The molecule has 1 aromatic heterocycles. The maximum Gasteiger partial charge on any atom is 0.266 e. The molecule has 3 nitrogen and oxygen atoms in total. The maximum atomic E-state index is 13.6. The van der Waals surface area contributed by atoms with Gasteiger partial charge >= 0.3 is 0 Å². The smallest absolute Gasteiger partial charge is 0.266 e. The number of aromatic amines is 1. The Hall–Kier alpha value is -2.01. The Balaban J connectivity index is 2.51. The fourth-order valence-electron chi connectivity index (χ4n) is 1.59. The van der Waals surface area contributed by atoms with Crippen LogP contribution in [0.3, 0.4) is 0 Å². The first kappa shape index (κ1) is 15.4. The Morgan fingerprint density at radius 3 is 2.57 bits per heavy atom. The maximum absolute atomic E-state index is 13.6. The molecule has 110 valence electrons. The van der Waals surface area contributed by atoms with Gasteiger partial charge in [-0.2, -0.15) is 0 Å². The summed E-state index contributed by atoms with van der Waals surface area (Å²) in [6.45, 7) is 5.43. The van der Waals surface area contributed by atoms with Crippen LogP contribution in [0.1, 0.15) is 26.3 Å². The number of carbonyl (C=O) groups excluding carboxylic acids is 1. The number of rotatable bonds is 2. The molecular weight excluding hydrogens is 289 g/mol. The van der Waals surface area contributed by atoms with E-state index in [2.05, 4.69) is 4.98 Å². The number of ketones is 1. The van der Waals surface area contributed by atoms with Gasteiger partial charge in [-0.1, -0.05) is 39.0 Å². The molecule has 0 saturated heterocycles. The zero-order chi connectivity index (χ0) is 15.6. The number of nitrogens with one attached hydrogen (secondary N) is 1. The second kappa shape index (κ2) is 5.77. The average Bonchev–Trinajstić information content (AvgIpc) is 2.71. The van der Waals surface area contributed by atoms with E-state index in [1.807, 2.05) is 20.8 Å². The third-order valence-corrected chi connectivity index (χ3v) is 3.84. The molecule has 0 radical (unpaired) electrons. The molecule has 0 fully saturated rings. The van der Waals surface area contributed by atoms with E-state index in [0.717, 1.165) is 11.3 Å². The van der Waals surface area contributed by atoms with E-state index in [4.69, 9.17) is 0 Å². The summed E-state index contributed by atoms with van der Waals surface area (Å²) in [6, 6.07) is 6.22. The molecule has 2 aromatic rings. The number of Topliss-reactive ketones (excluding diaryl/α,β-unsaturated/α-hetero) is 1. The first-order valence-corrected chi connectivity index (χ1v) is 7.30. The van der Waals surface area contributed by atoms with Crippen molar-refractivity contribution >= 4 is 29.3 Å². The summed E-state index contributed by atoms with van der Waals surface area (Å²) in [4.78, 5) is 26.4. The molecule has 1 heterocycles. The van der Waals surface area contributed by atoms with Gasteiger partial charge in [0.15, 0.2) is 5.78 Å². The number of thiazole rings is 1. The van der Waals surface area contributed by atoms with Crippen molar-refractivity contribution in [3.8, 4) is 0 Å². The largest absolute Gasteiger partial charge is 0.313 e. The highest BCUT2D eigenvalue weighted by molar-refractivity contribution is 7.07. The van der Waals surface area contributed by atoms with Gasteiger partial charge in [0.2, 0.25) is 0 Å². The summed E-state index contributed by atoms with van der Waals surface area (Å²) >= 11 is 1.14. The van der Waals surface area contributed by atoms with Crippen molar-refractivity contribution in [1.82, 2.24) is 4.98 Å². The summed E-state index contributed by atoms with van der Waals surface area (Å²) < 4.78 is 14.4. The third-order valence-electron chi connectivity index (χ3n) is 2.87. The molecule has 21 heavy (non-hydrogen) atoms. The first-order chi connectivity index (χ1) is 9.77. The molecule has 0 unspecified atom stereocenters.